The van der Waals surface area contributed by atoms with E-state index in [1.54, 1.807) is 11.8 Å². The molecule has 74 valence electrons. The molecule has 1 unspecified atom stereocenters. The Morgan fingerprint density at radius 1 is 1.54 bits per heavy atom. The highest BCUT2D eigenvalue weighted by Crippen LogP contribution is 2.33. The fraction of sp³-hybridized carbons (Fsp3) is 0.900. The lowest BCUT2D eigenvalue weighted by atomic mass is 9.67. The SMILES string of the molecule is [B]C(C)(CSC(C)=NC)CC(C)C. The quantitative estimate of drug-likeness (QED) is 0.383. The summed E-state index contributed by atoms with van der Waals surface area (Å²) >= 11 is 1.75. The predicted octanol–water partition coefficient (Wildman–Crippen LogP) is 3.16. The molecule has 3 heteroatoms. The minimum atomic E-state index is -0.0647. The Kier molecular flexibility index (Phi) is 5.78. The van der Waals surface area contributed by atoms with Crippen LogP contribution in [-0.4, -0.2) is 25.7 Å². The molecule has 13 heavy (non-hydrogen) atoms. The van der Waals surface area contributed by atoms with Gasteiger partial charge in [0.1, 0.15) is 0 Å². The van der Waals surface area contributed by atoms with Gasteiger partial charge in [0.2, 0.25) is 0 Å². The van der Waals surface area contributed by atoms with Crippen molar-refractivity contribution >= 4 is 24.7 Å². The fourth-order valence-electron chi connectivity index (χ4n) is 1.33. The van der Waals surface area contributed by atoms with E-state index in [1.807, 2.05) is 14.0 Å². The molecule has 1 nitrogen and oxygen atoms in total. The third-order valence-electron chi connectivity index (χ3n) is 1.80. The Morgan fingerprint density at radius 3 is 2.46 bits per heavy atom. The molecule has 0 aromatic carbocycles. The highest BCUT2D eigenvalue weighted by molar-refractivity contribution is 8.13. The molecule has 0 aromatic rings. The largest absolute Gasteiger partial charge is 0.287 e. The molecule has 0 aliphatic heterocycles. The average Bonchev–Trinajstić information content (AvgIpc) is 1.98. The van der Waals surface area contributed by atoms with Crippen LogP contribution in [0.25, 0.3) is 0 Å². The molecule has 0 amide bonds. The molecule has 0 N–H and O–H groups in total. The topological polar surface area (TPSA) is 12.4 Å². The van der Waals surface area contributed by atoms with E-state index in [0.717, 1.165) is 17.2 Å². The van der Waals surface area contributed by atoms with Crippen LogP contribution < -0.4 is 0 Å². The van der Waals surface area contributed by atoms with Crippen LogP contribution in [0, 0.1) is 5.92 Å². The maximum absolute atomic E-state index is 6.14. The van der Waals surface area contributed by atoms with E-state index in [-0.39, 0.29) is 5.31 Å². The van der Waals surface area contributed by atoms with Crippen molar-refractivity contribution in [2.45, 2.75) is 39.4 Å². The van der Waals surface area contributed by atoms with Gasteiger partial charge >= 0.3 is 0 Å². The first-order valence-corrected chi connectivity index (χ1v) is 5.71. The summed E-state index contributed by atoms with van der Waals surface area (Å²) in [4.78, 5) is 4.09. The summed E-state index contributed by atoms with van der Waals surface area (Å²) in [6.07, 6.45) is 1.07. The Hall–Kier alpha value is 0.0849. The first-order valence-electron chi connectivity index (χ1n) is 4.72. The molecule has 0 saturated carbocycles. The summed E-state index contributed by atoms with van der Waals surface area (Å²) in [6.45, 7) is 8.55. The summed E-state index contributed by atoms with van der Waals surface area (Å²) in [5.74, 6) is 1.61. The smallest absolute Gasteiger partial charge is 0.0754 e. The van der Waals surface area contributed by atoms with Crippen LogP contribution >= 0.6 is 11.8 Å². The summed E-state index contributed by atoms with van der Waals surface area (Å²) < 4.78 is 0. The van der Waals surface area contributed by atoms with E-state index in [2.05, 4.69) is 25.8 Å². The van der Waals surface area contributed by atoms with Gasteiger partial charge in [-0.25, -0.2) is 0 Å². The minimum Gasteiger partial charge on any atom is -0.287 e. The molecule has 0 aliphatic rings. The summed E-state index contributed by atoms with van der Waals surface area (Å²) in [6, 6.07) is 0. The van der Waals surface area contributed by atoms with Crippen molar-refractivity contribution in [2.75, 3.05) is 12.8 Å². The van der Waals surface area contributed by atoms with Gasteiger partial charge in [-0.2, -0.15) is 0 Å². The molecule has 0 saturated heterocycles. The fourth-order valence-corrected chi connectivity index (χ4v) is 2.11. The van der Waals surface area contributed by atoms with Gasteiger partial charge in [-0.3, -0.25) is 4.99 Å². The second-order valence-electron chi connectivity index (χ2n) is 4.28. The number of thioether (sulfide) groups is 1. The van der Waals surface area contributed by atoms with Crippen LogP contribution in [0.1, 0.15) is 34.1 Å². The molecule has 1 atom stereocenters. The zero-order valence-corrected chi connectivity index (χ0v) is 10.2. The monoisotopic (exact) mass is 197 g/mol. The Balaban J connectivity index is 3.88. The lowest BCUT2D eigenvalue weighted by molar-refractivity contribution is 0.492. The normalized spacial score (nSPS) is 17.5. The van der Waals surface area contributed by atoms with Crippen molar-refractivity contribution < 1.29 is 0 Å². The molecular weight excluding hydrogens is 177 g/mol. The van der Waals surface area contributed by atoms with E-state index in [9.17, 15) is 0 Å². The maximum atomic E-state index is 6.14. The maximum Gasteiger partial charge on any atom is 0.0754 e. The van der Waals surface area contributed by atoms with Crippen LogP contribution in [0.4, 0.5) is 0 Å². The minimum absolute atomic E-state index is 0.0647. The van der Waals surface area contributed by atoms with Gasteiger partial charge in [-0.15, -0.1) is 11.8 Å². The average molecular weight is 197 g/mol. The summed E-state index contributed by atoms with van der Waals surface area (Å²) in [5.41, 5.74) is 0. The summed E-state index contributed by atoms with van der Waals surface area (Å²) in [7, 11) is 7.96. The van der Waals surface area contributed by atoms with E-state index >= 15 is 0 Å². The van der Waals surface area contributed by atoms with Crippen LogP contribution in [-0.2, 0) is 0 Å². The van der Waals surface area contributed by atoms with Gasteiger partial charge in [0, 0.05) is 7.05 Å². The predicted molar refractivity (Wildman–Crippen MR) is 65.1 cm³/mol. The van der Waals surface area contributed by atoms with Crippen LogP contribution in [0.2, 0.25) is 5.31 Å². The van der Waals surface area contributed by atoms with Crippen molar-refractivity contribution in [1.29, 1.82) is 0 Å². The molecule has 0 bridgehead atoms. The van der Waals surface area contributed by atoms with Gasteiger partial charge in [-0.05, 0) is 18.6 Å². The lowest BCUT2D eigenvalue weighted by Crippen LogP contribution is -2.15. The van der Waals surface area contributed by atoms with E-state index in [1.165, 1.54) is 0 Å². The standard InChI is InChI=1S/C10H20BNS/c1-8(2)6-10(4,11)7-13-9(3)12-5/h8H,6-7H2,1-5H3. The molecule has 0 fully saturated rings. The number of rotatable bonds is 4. The number of hydrogen-bond donors (Lipinski definition) is 0. The van der Waals surface area contributed by atoms with E-state index in [4.69, 9.17) is 7.85 Å². The zero-order chi connectivity index (χ0) is 10.5. The molecule has 0 heterocycles. The Morgan fingerprint density at radius 2 is 2.08 bits per heavy atom. The Labute approximate surface area is 88.2 Å². The molecule has 0 spiro atoms. The molecule has 2 radical (unpaired) electrons. The highest BCUT2D eigenvalue weighted by atomic mass is 32.2. The third kappa shape index (κ3) is 7.18. The van der Waals surface area contributed by atoms with Gasteiger partial charge in [0.15, 0.2) is 0 Å². The van der Waals surface area contributed by atoms with Crippen molar-refractivity contribution in [1.82, 2.24) is 0 Å². The van der Waals surface area contributed by atoms with E-state index < -0.39 is 0 Å². The number of nitrogens with zero attached hydrogens (tertiary/aromatic N) is 1. The van der Waals surface area contributed by atoms with Crippen LogP contribution in [0.15, 0.2) is 4.99 Å². The second-order valence-corrected chi connectivity index (χ2v) is 5.45. The molecule has 0 aromatic heterocycles. The van der Waals surface area contributed by atoms with Gasteiger partial charge < -0.3 is 0 Å². The van der Waals surface area contributed by atoms with Gasteiger partial charge in [0.25, 0.3) is 0 Å². The molecule has 0 rings (SSSR count). The van der Waals surface area contributed by atoms with Crippen molar-refractivity contribution in [3.05, 3.63) is 0 Å². The first-order chi connectivity index (χ1) is 5.87. The highest BCUT2D eigenvalue weighted by Gasteiger charge is 2.19. The second kappa shape index (κ2) is 5.74. The zero-order valence-electron chi connectivity index (χ0n) is 9.42. The van der Waals surface area contributed by atoms with Crippen molar-refractivity contribution in [3.8, 4) is 0 Å². The van der Waals surface area contributed by atoms with Gasteiger partial charge in [0.05, 0.1) is 12.9 Å². The number of hydrogen-bond acceptors (Lipinski definition) is 2. The number of aliphatic imine (C=N–C) groups is 1. The van der Waals surface area contributed by atoms with Crippen LogP contribution in [0.5, 0.6) is 0 Å². The lowest BCUT2D eigenvalue weighted by Gasteiger charge is -2.26. The first kappa shape index (κ1) is 13.1. The van der Waals surface area contributed by atoms with Gasteiger partial charge in [-0.1, -0.05) is 32.5 Å². The van der Waals surface area contributed by atoms with E-state index in [0.29, 0.717) is 5.92 Å². The Bertz CT molecular complexity index is 176. The summed E-state index contributed by atoms with van der Waals surface area (Å²) in [5, 5.41) is 1.05. The van der Waals surface area contributed by atoms with Crippen molar-refractivity contribution in [2.24, 2.45) is 10.9 Å². The van der Waals surface area contributed by atoms with Crippen LogP contribution in [0.3, 0.4) is 0 Å². The third-order valence-corrected chi connectivity index (χ3v) is 3.20. The van der Waals surface area contributed by atoms with Crippen molar-refractivity contribution in [3.63, 3.8) is 0 Å². The molecule has 0 aliphatic carbocycles. The molecular formula is C10H20BNS.